The number of carboxylic acids is 1. The number of thioether (sulfide) groups is 1. The zero-order valence-corrected chi connectivity index (χ0v) is 22.9. The molecule has 1 aliphatic rings. The predicted octanol–water partition coefficient (Wildman–Crippen LogP) is 4.36. The maximum absolute atomic E-state index is 12.7. The lowest BCUT2D eigenvalue weighted by Crippen LogP contribution is -2.52. The normalized spacial score (nSPS) is 14.7. The van der Waals surface area contributed by atoms with E-state index in [9.17, 15) is 24.3 Å². The number of hydrogen-bond acceptors (Lipinski definition) is 5. The molecule has 1 heterocycles. The second-order valence-electron chi connectivity index (χ2n) is 8.52. The average molecular weight is 580 g/mol. The summed E-state index contributed by atoms with van der Waals surface area (Å²) in [6.45, 7) is 0.402. The molecule has 2 aromatic rings. The molecule has 1 saturated heterocycles. The van der Waals surface area contributed by atoms with Crippen molar-refractivity contribution in [1.82, 2.24) is 15.5 Å². The molecule has 0 unspecified atom stereocenters. The summed E-state index contributed by atoms with van der Waals surface area (Å²) in [4.78, 5) is 51.5. The topological polar surface area (TPSA) is 128 Å². The smallest absolute Gasteiger partial charge is 0.328 e. The van der Waals surface area contributed by atoms with Gasteiger partial charge in [-0.2, -0.15) is 0 Å². The summed E-state index contributed by atoms with van der Waals surface area (Å²) in [6, 6.07) is 10.4. The number of halogens is 2. The number of anilines is 1. The van der Waals surface area contributed by atoms with Crippen LogP contribution in [0.3, 0.4) is 0 Å². The Morgan fingerprint density at radius 2 is 1.76 bits per heavy atom. The number of nitrogens with one attached hydrogen (secondary N) is 3. The number of carbonyl (C=O) groups is 4. The summed E-state index contributed by atoms with van der Waals surface area (Å²) >= 11 is 14.0. The van der Waals surface area contributed by atoms with E-state index >= 15 is 0 Å². The number of piperidine rings is 1. The Hall–Kier alpha value is -3.21. The Morgan fingerprint density at radius 3 is 2.39 bits per heavy atom. The molecule has 0 saturated carbocycles. The van der Waals surface area contributed by atoms with E-state index in [1.807, 2.05) is 12.3 Å². The second kappa shape index (κ2) is 14.1. The van der Waals surface area contributed by atoms with Gasteiger partial charge in [-0.05, 0) is 48.9 Å². The standard InChI is InChI=1S/C26H28Cl2N4O5S/c1-38-20-9-7-16(22(27)23(20)28)8-10-21(33)32-13-11-17(12-14-32)24(34)31-19(25(35)36)15-29-26(37)30-18-5-3-2-4-6-18/h2-10,17,19H,11-15H2,1H3,(H,31,34)(H,35,36)(H2,29,30,37)/t19-/m0/s1. The zero-order chi connectivity index (χ0) is 27.7. The first-order valence-corrected chi connectivity index (χ1v) is 13.8. The minimum absolute atomic E-state index is 0.220. The van der Waals surface area contributed by atoms with Gasteiger partial charge in [-0.15, -0.1) is 11.8 Å². The van der Waals surface area contributed by atoms with Gasteiger partial charge < -0.3 is 26.0 Å². The molecule has 0 aliphatic carbocycles. The minimum Gasteiger partial charge on any atom is -0.480 e. The van der Waals surface area contributed by atoms with Crippen LogP contribution in [0.1, 0.15) is 18.4 Å². The van der Waals surface area contributed by atoms with E-state index < -0.39 is 29.9 Å². The van der Waals surface area contributed by atoms with Crippen LogP contribution < -0.4 is 16.0 Å². The summed E-state index contributed by atoms with van der Waals surface area (Å²) in [7, 11) is 0. The molecule has 2 aromatic carbocycles. The molecule has 1 aliphatic heterocycles. The monoisotopic (exact) mass is 578 g/mol. The predicted molar refractivity (Wildman–Crippen MR) is 150 cm³/mol. The fraction of sp³-hybridized carbons (Fsp3) is 0.308. The maximum Gasteiger partial charge on any atom is 0.328 e. The van der Waals surface area contributed by atoms with E-state index in [1.54, 1.807) is 47.4 Å². The van der Waals surface area contributed by atoms with Gasteiger partial charge in [0.2, 0.25) is 11.8 Å². The van der Waals surface area contributed by atoms with Crippen molar-refractivity contribution in [2.24, 2.45) is 5.92 Å². The number of carboxylic acid groups (broad SMARTS) is 1. The van der Waals surface area contributed by atoms with Crippen molar-refractivity contribution in [1.29, 1.82) is 0 Å². The Kier molecular flexibility index (Phi) is 10.9. The summed E-state index contributed by atoms with van der Waals surface area (Å²) < 4.78 is 0. The Bertz CT molecular complexity index is 1200. The number of benzene rings is 2. The van der Waals surface area contributed by atoms with Crippen LogP contribution in [0, 0.1) is 5.92 Å². The molecule has 202 valence electrons. The SMILES string of the molecule is CSc1ccc(C=CC(=O)N2CCC(C(=O)N[C@@H](CNC(=O)Nc3ccccc3)C(=O)O)CC2)c(Cl)c1Cl. The van der Waals surface area contributed by atoms with E-state index in [2.05, 4.69) is 16.0 Å². The fourth-order valence-corrected chi connectivity index (χ4v) is 5.02. The highest BCUT2D eigenvalue weighted by molar-refractivity contribution is 7.98. The molecule has 9 nitrogen and oxygen atoms in total. The molecule has 3 rings (SSSR count). The first-order valence-electron chi connectivity index (χ1n) is 11.8. The molecule has 0 radical (unpaired) electrons. The first-order chi connectivity index (χ1) is 18.2. The third kappa shape index (κ3) is 8.14. The van der Waals surface area contributed by atoms with Crippen LogP contribution in [0.25, 0.3) is 6.08 Å². The number of likely N-dealkylation sites (tertiary alicyclic amines) is 1. The number of nitrogens with zero attached hydrogens (tertiary/aromatic N) is 1. The number of aliphatic carboxylic acids is 1. The summed E-state index contributed by atoms with van der Waals surface area (Å²) in [5, 5.41) is 17.8. The van der Waals surface area contributed by atoms with Crippen LogP contribution >= 0.6 is 35.0 Å². The molecule has 0 spiro atoms. The van der Waals surface area contributed by atoms with Gasteiger partial charge in [0.1, 0.15) is 6.04 Å². The van der Waals surface area contributed by atoms with Crippen molar-refractivity contribution in [3.8, 4) is 0 Å². The third-order valence-corrected chi connectivity index (χ3v) is 7.78. The van der Waals surface area contributed by atoms with Crippen molar-refractivity contribution in [3.05, 3.63) is 64.1 Å². The highest BCUT2D eigenvalue weighted by Gasteiger charge is 2.30. The number of amides is 4. The van der Waals surface area contributed by atoms with Gasteiger partial charge in [-0.25, -0.2) is 9.59 Å². The maximum atomic E-state index is 12.7. The molecule has 0 bridgehead atoms. The van der Waals surface area contributed by atoms with E-state index in [1.165, 1.54) is 17.8 Å². The molecular weight excluding hydrogens is 551 g/mol. The molecular formula is C26H28Cl2N4O5S. The van der Waals surface area contributed by atoms with Crippen LogP contribution in [0.4, 0.5) is 10.5 Å². The van der Waals surface area contributed by atoms with E-state index in [0.29, 0.717) is 47.2 Å². The van der Waals surface area contributed by atoms with Gasteiger partial charge in [-0.3, -0.25) is 9.59 Å². The van der Waals surface area contributed by atoms with Crippen molar-refractivity contribution in [3.63, 3.8) is 0 Å². The third-order valence-electron chi connectivity index (χ3n) is 5.99. The van der Waals surface area contributed by atoms with Crippen molar-refractivity contribution in [2.75, 3.05) is 31.2 Å². The van der Waals surface area contributed by atoms with E-state index in [-0.39, 0.29) is 12.5 Å². The van der Waals surface area contributed by atoms with Crippen LogP contribution in [-0.4, -0.2) is 65.8 Å². The van der Waals surface area contributed by atoms with E-state index in [0.717, 1.165) is 4.90 Å². The minimum atomic E-state index is -1.29. The number of urea groups is 1. The number of hydrogen-bond donors (Lipinski definition) is 4. The number of para-hydroxylation sites is 1. The fourth-order valence-electron chi connectivity index (χ4n) is 3.84. The van der Waals surface area contributed by atoms with Gasteiger partial charge in [0.15, 0.2) is 0 Å². The lowest BCUT2D eigenvalue weighted by atomic mass is 9.95. The molecule has 4 amide bonds. The number of rotatable bonds is 9. The van der Waals surface area contributed by atoms with Gasteiger partial charge in [0.25, 0.3) is 0 Å². The average Bonchev–Trinajstić information content (AvgIpc) is 2.92. The summed E-state index contributed by atoms with van der Waals surface area (Å²) in [5.41, 5.74) is 1.18. The van der Waals surface area contributed by atoms with Crippen LogP contribution in [0.5, 0.6) is 0 Å². The summed E-state index contributed by atoms with van der Waals surface area (Å²) in [5.74, 6) is -2.36. The van der Waals surface area contributed by atoms with Crippen molar-refractivity contribution >= 4 is 70.5 Å². The lowest BCUT2D eigenvalue weighted by Gasteiger charge is -2.31. The highest BCUT2D eigenvalue weighted by Crippen LogP contribution is 2.35. The van der Waals surface area contributed by atoms with Crippen LogP contribution in [0.15, 0.2) is 53.4 Å². The zero-order valence-electron chi connectivity index (χ0n) is 20.6. The van der Waals surface area contributed by atoms with Gasteiger partial charge in [-0.1, -0.05) is 47.5 Å². The Labute approximate surface area is 234 Å². The molecule has 0 aromatic heterocycles. The molecule has 12 heteroatoms. The first kappa shape index (κ1) is 29.3. The van der Waals surface area contributed by atoms with Gasteiger partial charge in [0, 0.05) is 35.7 Å². The van der Waals surface area contributed by atoms with Gasteiger partial charge >= 0.3 is 12.0 Å². The quantitative estimate of drug-likeness (QED) is 0.258. The van der Waals surface area contributed by atoms with Gasteiger partial charge in [0.05, 0.1) is 16.6 Å². The van der Waals surface area contributed by atoms with Crippen molar-refractivity contribution in [2.45, 2.75) is 23.8 Å². The second-order valence-corrected chi connectivity index (χ2v) is 10.1. The Balaban J connectivity index is 1.47. The highest BCUT2D eigenvalue weighted by atomic mass is 35.5. The molecule has 38 heavy (non-hydrogen) atoms. The summed E-state index contributed by atoms with van der Waals surface area (Å²) in [6.07, 6.45) is 5.69. The molecule has 4 N–H and O–H groups in total. The molecule has 1 fully saturated rings. The lowest BCUT2D eigenvalue weighted by molar-refractivity contribution is -0.142. The largest absolute Gasteiger partial charge is 0.480 e. The van der Waals surface area contributed by atoms with E-state index in [4.69, 9.17) is 23.2 Å². The number of carbonyl (C=O) groups excluding carboxylic acids is 3. The van der Waals surface area contributed by atoms with Crippen LogP contribution in [-0.2, 0) is 14.4 Å². The Morgan fingerprint density at radius 1 is 1.08 bits per heavy atom. The van der Waals surface area contributed by atoms with Crippen molar-refractivity contribution < 1.29 is 24.3 Å². The molecule has 1 atom stereocenters. The van der Waals surface area contributed by atoms with Crippen LogP contribution in [0.2, 0.25) is 10.0 Å².